The molecule has 1 aliphatic rings. The van der Waals surface area contributed by atoms with Gasteiger partial charge in [0, 0.05) is 50.7 Å². The molecule has 1 aliphatic heterocycles. The number of halogens is 1. The third-order valence-electron chi connectivity index (χ3n) is 4.35. The van der Waals surface area contributed by atoms with Gasteiger partial charge in [-0.3, -0.25) is 14.7 Å². The molecule has 1 aromatic carbocycles. The first-order valence-electron chi connectivity index (χ1n) is 8.26. The highest BCUT2D eigenvalue weighted by Gasteiger charge is 2.24. The van der Waals surface area contributed by atoms with E-state index in [2.05, 4.69) is 9.88 Å². The van der Waals surface area contributed by atoms with Crippen LogP contribution in [0.4, 0.5) is 0 Å². The molecule has 0 radical (unpaired) electrons. The van der Waals surface area contributed by atoms with E-state index in [4.69, 9.17) is 11.6 Å². The van der Waals surface area contributed by atoms with Gasteiger partial charge < -0.3 is 4.90 Å². The first kappa shape index (κ1) is 18.8. The van der Waals surface area contributed by atoms with Crippen molar-refractivity contribution in [3.8, 4) is 0 Å². The number of benzene rings is 1. The minimum absolute atomic E-state index is 0.0150. The molecule has 8 heteroatoms. The molecule has 0 aliphatic carbocycles. The Labute approximate surface area is 158 Å². The lowest BCUT2D eigenvalue weighted by Crippen LogP contribution is -2.48. The molecule has 0 atom stereocenters. The average molecular weight is 394 g/mol. The summed E-state index contributed by atoms with van der Waals surface area (Å²) in [5.74, 6) is -0.177. The maximum atomic E-state index is 12.7. The van der Waals surface area contributed by atoms with E-state index in [1.807, 2.05) is 18.2 Å². The summed E-state index contributed by atoms with van der Waals surface area (Å²) in [5.41, 5.74) is 1.34. The number of nitrogens with zero attached hydrogens (tertiary/aromatic N) is 3. The zero-order chi connectivity index (χ0) is 18.7. The Kier molecular flexibility index (Phi) is 5.60. The maximum Gasteiger partial charge on any atom is 0.253 e. The average Bonchev–Trinajstić information content (AvgIpc) is 2.62. The second kappa shape index (κ2) is 7.73. The number of carbonyl (C=O) groups excluding carboxylic acids is 1. The number of rotatable bonds is 4. The zero-order valence-electron chi connectivity index (χ0n) is 14.4. The molecule has 6 nitrogen and oxygen atoms in total. The van der Waals surface area contributed by atoms with E-state index >= 15 is 0 Å². The first-order valence-corrected chi connectivity index (χ1v) is 10.5. The third kappa shape index (κ3) is 4.41. The van der Waals surface area contributed by atoms with Crippen molar-refractivity contribution < 1.29 is 13.2 Å². The van der Waals surface area contributed by atoms with Crippen LogP contribution in [0.3, 0.4) is 0 Å². The van der Waals surface area contributed by atoms with Crippen LogP contribution in [-0.4, -0.2) is 61.5 Å². The lowest BCUT2D eigenvalue weighted by Gasteiger charge is -2.34. The molecule has 1 fully saturated rings. The van der Waals surface area contributed by atoms with Crippen LogP contribution in [-0.2, 0) is 16.4 Å². The standard InChI is InChI=1S/C18H20ClN3O3S/c1-26(24,25)17-12-14(5-6-16(17)19)18(23)22-10-8-21(9-11-22)13-15-4-2-3-7-20-15/h2-7,12H,8-11,13H2,1H3. The minimum Gasteiger partial charge on any atom is -0.336 e. The number of aromatic nitrogens is 1. The predicted molar refractivity (Wildman–Crippen MR) is 100.0 cm³/mol. The summed E-state index contributed by atoms with van der Waals surface area (Å²) < 4.78 is 23.6. The molecule has 0 N–H and O–H groups in total. The van der Waals surface area contributed by atoms with Crippen molar-refractivity contribution in [3.05, 3.63) is 58.9 Å². The molecular weight excluding hydrogens is 374 g/mol. The van der Waals surface area contributed by atoms with Crippen LogP contribution in [0.15, 0.2) is 47.5 Å². The van der Waals surface area contributed by atoms with Gasteiger partial charge in [0.25, 0.3) is 5.91 Å². The Balaban J connectivity index is 1.65. The van der Waals surface area contributed by atoms with Crippen LogP contribution in [0.2, 0.25) is 5.02 Å². The Morgan fingerprint density at radius 1 is 1.15 bits per heavy atom. The van der Waals surface area contributed by atoms with Crippen molar-refractivity contribution >= 4 is 27.3 Å². The molecule has 0 bridgehead atoms. The van der Waals surface area contributed by atoms with E-state index in [1.54, 1.807) is 17.2 Å². The highest BCUT2D eigenvalue weighted by molar-refractivity contribution is 7.90. The highest BCUT2D eigenvalue weighted by Crippen LogP contribution is 2.23. The SMILES string of the molecule is CS(=O)(=O)c1cc(C(=O)N2CCN(Cc3ccccn3)CC2)ccc1Cl. The van der Waals surface area contributed by atoms with Gasteiger partial charge in [-0.05, 0) is 30.3 Å². The van der Waals surface area contributed by atoms with Gasteiger partial charge >= 0.3 is 0 Å². The highest BCUT2D eigenvalue weighted by atomic mass is 35.5. The molecule has 2 heterocycles. The van der Waals surface area contributed by atoms with Gasteiger partial charge in [-0.15, -0.1) is 0 Å². The number of hydrogen-bond donors (Lipinski definition) is 0. The maximum absolute atomic E-state index is 12.7. The minimum atomic E-state index is -3.48. The van der Waals surface area contributed by atoms with Crippen molar-refractivity contribution in [1.82, 2.24) is 14.8 Å². The quantitative estimate of drug-likeness (QED) is 0.795. The molecule has 3 rings (SSSR count). The lowest BCUT2D eigenvalue weighted by molar-refractivity contribution is 0.0627. The zero-order valence-corrected chi connectivity index (χ0v) is 16.0. The fraction of sp³-hybridized carbons (Fsp3) is 0.333. The smallest absolute Gasteiger partial charge is 0.253 e. The van der Waals surface area contributed by atoms with E-state index in [9.17, 15) is 13.2 Å². The van der Waals surface area contributed by atoms with Crippen LogP contribution < -0.4 is 0 Å². The van der Waals surface area contributed by atoms with Gasteiger partial charge in [-0.1, -0.05) is 17.7 Å². The van der Waals surface area contributed by atoms with Crippen LogP contribution in [0.25, 0.3) is 0 Å². The summed E-state index contributed by atoms with van der Waals surface area (Å²) >= 11 is 5.95. The van der Waals surface area contributed by atoms with Crippen molar-refractivity contribution in [2.24, 2.45) is 0 Å². The summed E-state index contributed by atoms with van der Waals surface area (Å²) in [6.45, 7) is 3.41. The monoisotopic (exact) mass is 393 g/mol. The van der Waals surface area contributed by atoms with Gasteiger partial charge in [0.1, 0.15) is 0 Å². The number of amides is 1. The van der Waals surface area contributed by atoms with Gasteiger partial charge in [-0.25, -0.2) is 8.42 Å². The van der Waals surface area contributed by atoms with Gasteiger partial charge in [-0.2, -0.15) is 0 Å². The van der Waals surface area contributed by atoms with E-state index < -0.39 is 9.84 Å². The molecule has 1 aromatic heterocycles. The second-order valence-corrected chi connectivity index (χ2v) is 8.70. The molecule has 0 unspecified atom stereocenters. The molecule has 0 saturated carbocycles. The summed E-state index contributed by atoms with van der Waals surface area (Å²) in [4.78, 5) is 21.0. The molecule has 26 heavy (non-hydrogen) atoms. The summed E-state index contributed by atoms with van der Waals surface area (Å²) in [7, 11) is -3.48. The van der Waals surface area contributed by atoms with Crippen LogP contribution >= 0.6 is 11.6 Å². The van der Waals surface area contributed by atoms with E-state index in [-0.39, 0.29) is 15.8 Å². The topological polar surface area (TPSA) is 70.6 Å². The number of hydrogen-bond acceptors (Lipinski definition) is 5. The van der Waals surface area contributed by atoms with E-state index in [0.29, 0.717) is 18.7 Å². The Hall–Kier alpha value is -1.96. The number of pyridine rings is 1. The molecule has 1 saturated heterocycles. The van der Waals surface area contributed by atoms with E-state index in [1.165, 1.54) is 12.1 Å². The largest absolute Gasteiger partial charge is 0.336 e. The van der Waals surface area contributed by atoms with Crippen molar-refractivity contribution in [1.29, 1.82) is 0 Å². The summed E-state index contributed by atoms with van der Waals surface area (Å²) in [5, 5.41) is 0.129. The second-order valence-electron chi connectivity index (χ2n) is 6.31. The summed E-state index contributed by atoms with van der Waals surface area (Å²) in [6.07, 6.45) is 2.86. The Bertz CT molecular complexity index is 895. The fourth-order valence-corrected chi connectivity index (χ4v) is 4.23. The van der Waals surface area contributed by atoms with Crippen LogP contribution in [0.1, 0.15) is 16.1 Å². The number of carbonyl (C=O) groups is 1. The van der Waals surface area contributed by atoms with Crippen molar-refractivity contribution in [2.45, 2.75) is 11.4 Å². The summed E-state index contributed by atoms with van der Waals surface area (Å²) in [6, 6.07) is 10.2. The molecular formula is C18H20ClN3O3S. The van der Waals surface area contributed by atoms with Gasteiger partial charge in [0.05, 0.1) is 15.6 Å². The van der Waals surface area contributed by atoms with Crippen molar-refractivity contribution in [3.63, 3.8) is 0 Å². The first-order chi connectivity index (χ1) is 12.3. The lowest BCUT2D eigenvalue weighted by atomic mass is 10.1. The van der Waals surface area contributed by atoms with Crippen molar-refractivity contribution in [2.75, 3.05) is 32.4 Å². The molecule has 2 aromatic rings. The molecule has 0 spiro atoms. The number of piperazine rings is 1. The molecule has 1 amide bonds. The normalized spacial score (nSPS) is 15.8. The molecule has 138 valence electrons. The Morgan fingerprint density at radius 3 is 2.50 bits per heavy atom. The van der Waals surface area contributed by atoms with E-state index in [0.717, 1.165) is 31.6 Å². The fourth-order valence-electron chi connectivity index (χ4n) is 2.93. The van der Waals surface area contributed by atoms with Gasteiger partial charge in [0.2, 0.25) is 0 Å². The third-order valence-corrected chi connectivity index (χ3v) is 5.93. The Morgan fingerprint density at radius 2 is 1.88 bits per heavy atom. The van der Waals surface area contributed by atoms with Crippen LogP contribution in [0.5, 0.6) is 0 Å². The van der Waals surface area contributed by atoms with Gasteiger partial charge in [0.15, 0.2) is 9.84 Å². The van der Waals surface area contributed by atoms with Crippen LogP contribution in [0, 0.1) is 0 Å². The predicted octanol–water partition coefficient (Wildman–Crippen LogP) is 2.10. The number of sulfone groups is 1.